The van der Waals surface area contributed by atoms with Crippen LogP contribution >= 0.6 is 11.6 Å². The Morgan fingerprint density at radius 3 is 2.69 bits per heavy atom. The Morgan fingerprint density at radius 2 is 2.08 bits per heavy atom. The summed E-state index contributed by atoms with van der Waals surface area (Å²) in [6, 6.07) is 5.32. The molecule has 1 aromatic carbocycles. The van der Waals surface area contributed by atoms with E-state index in [-0.39, 0.29) is 23.7 Å². The number of rotatable bonds is 1. The first kappa shape index (κ1) is 18.3. The molecular formula is C17H14ClF3N4O. The van der Waals surface area contributed by atoms with Crippen LogP contribution in [-0.2, 0) is 10.9 Å². The summed E-state index contributed by atoms with van der Waals surface area (Å²) in [5, 5.41) is 14.5. The Bertz CT molecular complexity index is 910. The first-order valence-electron chi connectivity index (χ1n) is 7.55. The molecule has 0 atom stereocenters. The third-order valence-corrected chi connectivity index (χ3v) is 4.30. The number of ether oxygens (including phenoxy) is 1. The van der Waals surface area contributed by atoms with Gasteiger partial charge in [0.15, 0.2) is 0 Å². The minimum atomic E-state index is -4.63. The summed E-state index contributed by atoms with van der Waals surface area (Å²) >= 11 is 5.66. The van der Waals surface area contributed by atoms with E-state index in [1.807, 2.05) is 19.9 Å². The fourth-order valence-corrected chi connectivity index (χ4v) is 2.92. The number of nitriles is 1. The van der Waals surface area contributed by atoms with E-state index >= 15 is 0 Å². The summed E-state index contributed by atoms with van der Waals surface area (Å²) in [7, 11) is 0. The molecule has 5 nitrogen and oxygen atoms in total. The molecule has 0 saturated carbocycles. The molecule has 0 amide bonds. The van der Waals surface area contributed by atoms with Crippen LogP contribution in [0.3, 0.4) is 0 Å². The van der Waals surface area contributed by atoms with Gasteiger partial charge in [-0.1, -0.05) is 11.6 Å². The van der Waals surface area contributed by atoms with Crippen molar-refractivity contribution in [1.82, 2.24) is 0 Å². The predicted octanol–water partition coefficient (Wildman–Crippen LogP) is 3.96. The van der Waals surface area contributed by atoms with Gasteiger partial charge in [0.25, 0.3) is 0 Å². The first-order valence-corrected chi connectivity index (χ1v) is 7.93. The van der Waals surface area contributed by atoms with Gasteiger partial charge in [-0.15, -0.1) is 0 Å². The lowest BCUT2D eigenvalue weighted by molar-refractivity contribution is -0.137. The summed E-state index contributed by atoms with van der Waals surface area (Å²) < 4.78 is 45.0. The molecule has 0 aliphatic carbocycles. The molecule has 0 saturated heterocycles. The highest BCUT2D eigenvalue weighted by atomic mass is 35.5. The van der Waals surface area contributed by atoms with Crippen LogP contribution in [-0.4, -0.2) is 17.9 Å². The Morgan fingerprint density at radius 1 is 1.38 bits per heavy atom. The first-order chi connectivity index (χ1) is 12.0. The van der Waals surface area contributed by atoms with E-state index in [4.69, 9.17) is 22.1 Å². The molecule has 2 aliphatic heterocycles. The molecule has 2 heterocycles. The van der Waals surface area contributed by atoms with Gasteiger partial charge in [0.1, 0.15) is 17.5 Å². The molecule has 2 aliphatic rings. The number of anilines is 1. The highest BCUT2D eigenvalue weighted by Crippen LogP contribution is 2.39. The fraction of sp³-hybridized carbons (Fsp3) is 0.294. The molecule has 3 rings (SSSR count). The van der Waals surface area contributed by atoms with Crippen molar-refractivity contribution in [3.05, 3.63) is 51.8 Å². The zero-order valence-electron chi connectivity index (χ0n) is 13.9. The topological polar surface area (TPSA) is 74.6 Å². The SMILES string of the molecule is CC1(C)C=C2C(=NN(c3ccc(Cl)c(C(F)(F)F)c3)C(N)=C2C#N)CO1. The third kappa shape index (κ3) is 3.16. The predicted molar refractivity (Wildman–Crippen MR) is 91.3 cm³/mol. The molecule has 0 bridgehead atoms. The van der Waals surface area contributed by atoms with Crippen molar-refractivity contribution >= 4 is 23.0 Å². The molecule has 0 spiro atoms. The number of halogens is 4. The van der Waals surface area contributed by atoms with Crippen LogP contribution in [0, 0.1) is 11.3 Å². The quantitative estimate of drug-likeness (QED) is 0.797. The van der Waals surface area contributed by atoms with E-state index in [1.54, 1.807) is 6.08 Å². The maximum atomic E-state index is 13.1. The van der Waals surface area contributed by atoms with Crippen LogP contribution in [0.1, 0.15) is 19.4 Å². The van der Waals surface area contributed by atoms with Crippen LogP contribution in [0.4, 0.5) is 18.9 Å². The molecule has 26 heavy (non-hydrogen) atoms. The standard InChI is InChI=1S/C17H14ClF3N4O/c1-16(2)6-10-11(7-22)15(23)25(24-14(10)8-26-16)9-3-4-13(18)12(5-9)17(19,20)21/h3-6H,8,23H2,1-2H3. The van der Waals surface area contributed by atoms with Gasteiger partial charge in [-0.25, -0.2) is 5.01 Å². The second-order valence-electron chi connectivity index (χ2n) is 6.34. The number of benzene rings is 1. The molecular weight excluding hydrogens is 369 g/mol. The molecule has 1 aromatic rings. The van der Waals surface area contributed by atoms with Crippen LogP contribution in [0.5, 0.6) is 0 Å². The molecule has 136 valence electrons. The van der Waals surface area contributed by atoms with Crippen LogP contribution in [0.25, 0.3) is 0 Å². The minimum absolute atomic E-state index is 0.0448. The van der Waals surface area contributed by atoms with Gasteiger partial charge in [0, 0.05) is 5.57 Å². The summed E-state index contributed by atoms with van der Waals surface area (Å²) in [6.45, 7) is 3.75. The summed E-state index contributed by atoms with van der Waals surface area (Å²) in [6.07, 6.45) is -2.91. The number of allylic oxidation sites excluding steroid dienone is 1. The largest absolute Gasteiger partial charge is 0.417 e. The molecule has 2 N–H and O–H groups in total. The number of hydrazone groups is 1. The van der Waals surface area contributed by atoms with E-state index in [2.05, 4.69) is 5.10 Å². The zero-order valence-corrected chi connectivity index (χ0v) is 14.6. The van der Waals surface area contributed by atoms with Gasteiger partial charge in [-0.3, -0.25) is 0 Å². The number of hydrogen-bond acceptors (Lipinski definition) is 5. The fourth-order valence-electron chi connectivity index (χ4n) is 2.70. The average molecular weight is 383 g/mol. The number of nitrogens with two attached hydrogens (primary N) is 1. The minimum Gasteiger partial charge on any atom is -0.383 e. The van der Waals surface area contributed by atoms with Gasteiger partial charge in [0.05, 0.1) is 34.2 Å². The van der Waals surface area contributed by atoms with Crippen molar-refractivity contribution in [2.24, 2.45) is 10.8 Å². The Kier molecular flexibility index (Phi) is 4.25. The lowest BCUT2D eigenvalue weighted by atomic mass is 9.92. The van der Waals surface area contributed by atoms with Crippen LogP contribution in [0.15, 0.2) is 46.3 Å². The van der Waals surface area contributed by atoms with Gasteiger partial charge in [0.2, 0.25) is 0 Å². The van der Waals surface area contributed by atoms with Crippen LogP contribution in [0.2, 0.25) is 5.02 Å². The smallest absolute Gasteiger partial charge is 0.383 e. The van der Waals surface area contributed by atoms with Crippen molar-refractivity contribution < 1.29 is 17.9 Å². The van der Waals surface area contributed by atoms with E-state index in [0.717, 1.165) is 17.1 Å². The molecule has 9 heteroatoms. The summed E-state index contributed by atoms with van der Waals surface area (Å²) in [5.41, 5.74) is 5.55. The van der Waals surface area contributed by atoms with Crippen molar-refractivity contribution in [3.8, 4) is 6.07 Å². The van der Waals surface area contributed by atoms with Gasteiger partial charge < -0.3 is 10.5 Å². The summed E-state index contributed by atoms with van der Waals surface area (Å²) in [5.74, 6) is -0.0596. The average Bonchev–Trinajstić information content (AvgIpc) is 2.53. The van der Waals surface area contributed by atoms with Crippen LogP contribution < -0.4 is 10.7 Å². The van der Waals surface area contributed by atoms with E-state index in [9.17, 15) is 18.4 Å². The Hall–Kier alpha value is -2.50. The molecule has 0 fully saturated rings. The van der Waals surface area contributed by atoms with E-state index in [1.165, 1.54) is 6.07 Å². The second-order valence-corrected chi connectivity index (χ2v) is 6.75. The highest BCUT2D eigenvalue weighted by molar-refractivity contribution is 6.31. The van der Waals surface area contributed by atoms with Gasteiger partial charge >= 0.3 is 6.18 Å². The normalized spacial score (nSPS) is 19.5. The molecule has 0 radical (unpaired) electrons. The van der Waals surface area contributed by atoms with Crippen molar-refractivity contribution in [2.75, 3.05) is 11.6 Å². The number of alkyl halides is 3. The third-order valence-electron chi connectivity index (χ3n) is 3.97. The highest BCUT2D eigenvalue weighted by Gasteiger charge is 2.36. The number of nitrogens with zero attached hydrogens (tertiary/aromatic N) is 3. The van der Waals surface area contributed by atoms with Crippen molar-refractivity contribution in [3.63, 3.8) is 0 Å². The second kappa shape index (κ2) is 6.04. The number of fused-ring (bicyclic) bond motifs is 1. The zero-order chi connectivity index (χ0) is 19.3. The number of hydrogen-bond donors (Lipinski definition) is 1. The molecule has 0 aromatic heterocycles. The van der Waals surface area contributed by atoms with Gasteiger partial charge in [-0.05, 0) is 38.1 Å². The summed E-state index contributed by atoms with van der Waals surface area (Å²) in [4.78, 5) is 0. The Balaban J connectivity index is 2.14. The van der Waals surface area contributed by atoms with Crippen molar-refractivity contribution in [2.45, 2.75) is 25.6 Å². The van der Waals surface area contributed by atoms with Crippen molar-refractivity contribution in [1.29, 1.82) is 5.26 Å². The van der Waals surface area contributed by atoms with E-state index in [0.29, 0.717) is 11.3 Å². The lowest BCUT2D eigenvalue weighted by Gasteiger charge is -2.34. The lowest BCUT2D eigenvalue weighted by Crippen LogP contribution is -2.39. The van der Waals surface area contributed by atoms with Gasteiger partial charge in [-0.2, -0.15) is 23.5 Å². The van der Waals surface area contributed by atoms with E-state index < -0.39 is 22.4 Å². The Labute approximate surface area is 152 Å². The monoisotopic (exact) mass is 382 g/mol. The molecule has 0 unspecified atom stereocenters. The maximum absolute atomic E-state index is 13.1. The maximum Gasteiger partial charge on any atom is 0.417 e.